The van der Waals surface area contributed by atoms with Gasteiger partial charge in [-0.05, 0) is 45.3 Å². The van der Waals surface area contributed by atoms with Crippen molar-refractivity contribution in [3.8, 4) is 22.9 Å². The molecule has 2 saturated heterocycles. The number of carbonyl (C=O) groups excluding carboxylic acids is 1. The van der Waals surface area contributed by atoms with Gasteiger partial charge in [0, 0.05) is 55.8 Å². The number of piperazine rings is 1. The number of aromatic nitrogens is 1. The van der Waals surface area contributed by atoms with Crippen molar-refractivity contribution in [3.05, 3.63) is 59.1 Å². The molecule has 1 unspecified atom stereocenters. The van der Waals surface area contributed by atoms with E-state index >= 15 is 4.39 Å². The van der Waals surface area contributed by atoms with E-state index in [4.69, 9.17) is 11.6 Å². The predicted octanol–water partition coefficient (Wildman–Crippen LogP) is 4.38. The summed E-state index contributed by atoms with van der Waals surface area (Å²) >= 11 is 6.57. The molecule has 1 aromatic heterocycles. The second kappa shape index (κ2) is 10.6. The average Bonchev–Trinajstić information content (AvgIpc) is 2.88. The van der Waals surface area contributed by atoms with Gasteiger partial charge in [-0.3, -0.25) is 4.79 Å². The van der Waals surface area contributed by atoms with Crippen LogP contribution in [0.4, 0.5) is 20.3 Å². The highest BCUT2D eigenvalue weighted by atomic mass is 35.5. The van der Waals surface area contributed by atoms with Crippen molar-refractivity contribution in [2.45, 2.75) is 19.0 Å². The lowest BCUT2D eigenvalue weighted by Gasteiger charge is -2.45. The Labute approximate surface area is 236 Å². The number of likely N-dealkylation sites (N-methyl/N-ethyl adjacent to an activating group) is 1. The van der Waals surface area contributed by atoms with E-state index < -0.39 is 17.4 Å². The molecular weight excluding hydrogens is 538 g/mol. The zero-order valence-corrected chi connectivity index (χ0v) is 23.2. The maximum atomic E-state index is 16.4. The van der Waals surface area contributed by atoms with E-state index in [-0.39, 0.29) is 45.2 Å². The molecule has 1 amide bonds. The first kappa shape index (κ1) is 27.6. The molecule has 8 nitrogen and oxygen atoms in total. The van der Waals surface area contributed by atoms with Crippen LogP contribution in [0.25, 0.3) is 22.0 Å². The second-order valence-corrected chi connectivity index (χ2v) is 10.8. The SMILES string of the molecule is C=CC(=O)N1CCN(c2c(C#N)c(N3CC(N(C)C)C3)nc3c(F)c(-c4c(O)cccc4F)c(Cl)cc23)CC1C. The van der Waals surface area contributed by atoms with Crippen LogP contribution in [-0.4, -0.2) is 84.7 Å². The molecule has 2 aliphatic heterocycles. The third kappa shape index (κ3) is 4.49. The summed E-state index contributed by atoms with van der Waals surface area (Å²) in [5.41, 5.74) is -0.0150. The smallest absolute Gasteiger partial charge is 0.246 e. The van der Waals surface area contributed by atoms with Gasteiger partial charge in [-0.2, -0.15) is 5.26 Å². The van der Waals surface area contributed by atoms with Gasteiger partial charge >= 0.3 is 0 Å². The molecule has 0 spiro atoms. The van der Waals surface area contributed by atoms with Crippen LogP contribution in [0.1, 0.15) is 12.5 Å². The summed E-state index contributed by atoms with van der Waals surface area (Å²) in [5.74, 6) is -2.05. The van der Waals surface area contributed by atoms with Crippen molar-refractivity contribution in [2.24, 2.45) is 0 Å². The molecule has 3 aromatic rings. The van der Waals surface area contributed by atoms with Gasteiger partial charge in [0.1, 0.15) is 34.5 Å². The average molecular weight is 567 g/mol. The third-order valence-electron chi connectivity index (χ3n) is 7.77. The number of anilines is 2. The van der Waals surface area contributed by atoms with Crippen LogP contribution in [0.15, 0.2) is 36.9 Å². The maximum absolute atomic E-state index is 16.4. The van der Waals surface area contributed by atoms with Crippen LogP contribution in [0.2, 0.25) is 5.02 Å². The summed E-state index contributed by atoms with van der Waals surface area (Å²) in [7, 11) is 3.93. The number of hydrogen-bond donors (Lipinski definition) is 1. The first-order valence-corrected chi connectivity index (χ1v) is 13.3. The molecule has 208 valence electrons. The molecule has 0 radical (unpaired) electrons. The predicted molar refractivity (Wildman–Crippen MR) is 152 cm³/mol. The fraction of sp³-hybridized carbons (Fsp3) is 0.345. The maximum Gasteiger partial charge on any atom is 0.246 e. The second-order valence-electron chi connectivity index (χ2n) is 10.4. The van der Waals surface area contributed by atoms with Crippen molar-refractivity contribution in [3.63, 3.8) is 0 Å². The largest absolute Gasteiger partial charge is 0.507 e. The van der Waals surface area contributed by atoms with Crippen LogP contribution >= 0.6 is 11.6 Å². The van der Waals surface area contributed by atoms with Crippen molar-refractivity contribution >= 4 is 39.9 Å². The monoisotopic (exact) mass is 566 g/mol. The van der Waals surface area contributed by atoms with E-state index in [0.717, 1.165) is 6.07 Å². The number of phenols is 1. The number of hydrogen-bond acceptors (Lipinski definition) is 7. The molecule has 0 saturated carbocycles. The number of benzene rings is 2. The minimum absolute atomic E-state index is 0.0865. The Bertz CT molecular complexity index is 1550. The molecule has 2 aliphatic rings. The number of rotatable bonds is 5. The van der Waals surface area contributed by atoms with Gasteiger partial charge in [-0.15, -0.1) is 0 Å². The number of pyridine rings is 1. The van der Waals surface area contributed by atoms with E-state index in [1.54, 1.807) is 4.90 Å². The fourth-order valence-corrected chi connectivity index (χ4v) is 5.80. The van der Waals surface area contributed by atoms with Crippen LogP contribution in [0, 0.1) is 23.0 Å². The van der Waals surface area contributed by atoms with Crippen LogP contribution in [-0.2, 0) is 4.79 Å². The zero-order chi connectivity index (χ0) is 28.9. The van der Waals surface area contributed by atoms with Crippen molar-refractivity contribution in [1.82, 2.24) is 14.8 Å². The Balaban J connectivity index is 1.74. The molecule has 5 rings (SSSR count). The molecular formula is C29H29ClF2N6O2. The number of phenolic OH excluding ortho intramolecular Hbond substituents is 1. The Kier molecular flexibility index (Phi) is 7.29. The fourth-order valence-electron chi connectivity index (χ4n) is 5.51. The Morgan fingerprint density at radius 2 is 1.95 bits per heavy atom. The summed E-state index contributed by atoms with van der Waals surface area (Å²) in [6.07, 6.45) is 1.27. The lowest BCUT2D eigenvalue weighted by Crippen LogP contribution is -2.58. The third-order valence-corrected chi connectivity index (χ3v) is 8.07. The van der Waals surface area contributed by atoms with Gasteiger partial charge in [0.2, 0.25) is 5.91 Å². The standard InChI is InChI=1S/C29H29ClF2N6O2/c1-5-23(40)38-10-9-36(13-16(38)2)28-18-11-20(30)24(25-21(31)7-6-8-22(25)39)26(32)27(18)34-29(19(28)12-33)37-14-17(15-37)35(3)4/h5-8,11,16-17,39H,1,9-10,13-15H2,2-4H3. The molecule has 3 heterocycles. The summed E-state index contributed by atoms with van der Waals surface area (Å²) in [6.45, 7) is 7.79. The lowest BCUT2D eigenvalue weighted by atomic mass is 9.97. The number of aromatic hydroxyl groups is 1. The number of halogens is 3. The van der Waals surface area contributed by atoms with Crippen LogP contribution in [0.3, 0.4) is 0 Å². The zero-order valence-electron chi connectivity index (χ0n) is 22.5. The van der Waals surface area contributed by atoms with E-state index in [0.29, 0.717) is 49.6 Å². The molecule has 40 heavy (non-hydrogen) atoms. The van der Waals surface area contributed by atoms with Gasteiger partial charge in [0.25, 0.3) is 0 Å². The Morgan fingerprint density at radius 1 is 1.23 bits per heavy atom. The normalized spacial score (nSPS) is 17.8. The highest BCUT2D eigenvalue weighted by molar-refractivity contribution is 6.34. The van der Waals surface area contributed by atoms with Crippen molar-refractivity contribution in [1.29, 1.82) is 5.26 Å². The molecule has 11 heteroatoms. The number of fused-ring (bicyclic) bond motifs is 1. The Morgan fingerprint density at radius 3 is 2.55 bits per heavy atom. The summed E-state index contributed by atoms with van der Waals surface area (Å²) in [6, 6.07) is 7.48. The minimum atomic E-state index is -0.895. The molecule has 2 fully saturated rings. The molecule has 0 aliphatic carbocycles. The number of carbonyl (C=O) groups is 1. The highest BCUT2D eigenvalue weighted by Crippen LogP contribution is 2.45. The summed E-state index contributed by atoms with van der Waals surface area (Å²) in [4.78, 5) is 24.6. The van der Waals surface area contributed by atoms with E-state index in [9.17, 15) is 19.6 Å². The highest BCUT2D eigenvalue weighted by Gasteiger charge is 2.36. The first-order valence-electron chi connectivity index (χ1n) is 12.9. The van der Waals surface area contributed by atoms with Gasteiger partial charge in [-0.1, -0.05) is 24.2 Å². The first-order chi connectivity index (χ1) is 19.1. The molecule has 2 aromatic carbocycles. The molecule has 1 atom stereocenters. The van der Waals surface area contributed by atoms with Crippen molar-refractivity contribution < 1.29 is 18.7 Å². The quantitative estimate of drug-likeness (QED) is 0.459. The summed E-state index contributed by atoms with van der Waals surface area (Å²) < 4.78 is 31.2. The molecule has 0 bridgehead atoms. The van der Waals surface area contributed by atoms with Gasteiger partial charge < -0.3 is 24.7 Å². The minimum Gasteiger partial charge on any atom is -0.507 e. The Hall–Kier alpha value is -3.94. The van der Waals surface area contributed by atoms with Gasteiger partial charge in [0.05, 0.1) is 16.3 Å². The van der Waals surface area contributed by atoms with E-state index in [2.05, 4.69) is 22.5 Å². The molecule has 1 N–H and O–H groups in total. The summed E-state index contributed by atoms with van der Waals surface area (Å²) in [5, 5.41) is 21.0. The van der Waals surface area contributed by atoms with Crippen LogP contribution < -0.4 is 9.80 Å². The lowest BCUT2D eigenvalue weighted by molar-refractivity contribution is -0.128. The van der Waals surface area contributed by atoms with Crippen LogP contribution in [0.5, 0.6) is 5.75 Å². The van der Waals surface area contributed by atoms with E-state index in [1.807, 2.05) is 30.8 Å². The number of nitriles is 1. The topological polar surface area (TPSA) is 86.9 Å². The van der Waals surface area contributed by atoms with Gasteiger partial charge in [0.15, 0.2) is 5.82 Å². The number of nitrogens with zero attached hydrogens (tertiary/aromatic N) is 6. The number of amides is 1. The van der Waals surface area contributed by atoms with E-state index in [1.165, 1.54) is 24.3 Å². The van der Waals surface area contributed by atoms with Crippen molar-refractivity contribution in [2.75, 3.05) is 56.6 Å². The van der Waals surface area contributed by atoms with Gasteiger partial charge in [-0.25, -0.2) is 13.8 Å².